The average Bonchev–Trinajstić information content (AvgIpc) is 2.48. The smallest absolute Gasteiger partial charge is 0.119 e. The topological polar surface area (TPSA) is 62.8 Å². The van der Waals surface area contributed by atoms with Gasteiger partial charge in [0.15, 0.2) is 0 Å². The number of rotatable bonds is 7. The Bertz CT molecular complexity index is 498. The van der Waals surface area contributed by atoms with Crippen molar-refractivity contribution in [3.8, 4) is 11.5 Å². The van der Waals surface area contributed by atoms with Crippen LogP contribution in [0.2, 0.25) is 0 Å². The van der Waals surface area contributed by atoms with E-state index >= 15 is 0 Å². The van der Waals surface area contributed by atoms with Gasteiger partial charge in [-0.25, -0.2) is 0 Å². The van der Waals surface area contributed by atoms with E-state index in [0.717, 1.165) is 24.3 Å². The van der Waals surface area contributed by atoms with Crippen LogP contribution in [0.1, 0.15) is 40.5 Å². The predicted octanol–water partition coefficient (Wildman–Crippen LogP) is 2.33. The normalized spacial score (nSPS) is 21.2. The zero-order valence-corrected chi connectivity index (χ0v) is 15.6. The number of hydrogen-bond acceptors (Lipinski definition) is 5. The Kier molecular flexibility index (Phi) is 6.12. The van der Waals surface area contributed by atoms with Crippen LogP contribution >= 0.6 is 0 Å². The number of ether oxygens (including phenoxy) is 2. The fraction of sp³-hybridized carbons (Fsp3) is 0.684. The molecule has 136 valence electrons. The fourth-order valence-electron chi connectivity index (χ4n) is 3.69. The molecule has 0 aromatic heterocycles. The van der Waals surface area contributed by atoms with Gasteiger partial charge in [0, 0.05) is 23.7 Å². The molecule has 0 bridgehead atoms. The van der Waals surface area contributed by atoms with E-state index in [9.17, 15) is 5.11 Å². The second-order valence-corrected chi connectivity index (χ2v) is 8.05. The van der Waals surface area contributed by atoms with E-state index in [-0.39, 0.29) is 17.7 Å². The van der Waals surface area contributed by atoms with E-state index < -0.39 is 6.10 Å². The highest BCUT2D eigenvalue weighted by Crippen LogP contribution is 2.28. The molecule has 1 aromatic carbocycles. The Balaban J connectivity index is 1.75. The summed E-state index contributed by atoms with van der Waals surface area (Å²) >= 11 is 0. The van der Waals surface area contributed by atoms with Gasteiger partial charge in [-0.05, 0) is 64.8 Å². The Labute approximate surface area is 145 Å². The minimum atomic E-state index is -0.534. The highest BCUT2D eigenvalue weighted by molar-refractivity contribution is 5.31. The van der Waals surface area contributed by atoms with Crippen molar-refractivity contribution in [2.75, 3.05) is 20.3 Å². The Morgan fingerprint density at radius 2 is 1.67 bits per heavy atom. The lowest BCUT2D eigenvalue weighted by Gasteiger charge is -2.47. The summed E-state index contributed by atoms with van der Waals surface area (Å²) in [6.07, 6.45) is 1.55. The molecule has 24 heavy (non-hydrogen) atoms. The number of hydrogen-bond donors (Lipinski definition) is 3. The van der Waals surface area contributed by atoms with Crippen molar-refractivity contribution in [2.45, 2.75) is 63.8 Å². The zero-order valence-electron chi connectivity index (χ0n) is 15.6. The van der Waals surface area contributed by atoms with E-state index in [0.29, 0.717) is 12.6 Å². The molecule has 1 atom stereocenters. The van der Waals surface area contributed by atoms with Gasteiger partial charge >= 0.3 is 0 Å². The van der Waals surface area contributed by atoms with Gasteiger partial charge in [-0.3, -0.25) is 0 Å². The van der Waals surface area contributed by atoms with E-state index in [1.165, 1.54) is 0 Å². The highest BCUT2D eigenvalue weighted by Gasteiger charge is 2.37. The quantitative estimate of drug-likeness (QED) is 0.713. The molecule has 0 spiro atoms. The van der Waals surface area contributed by atoms with Crippen LogP contribution in [0.3, 0.4) is 0 Å². The molecule has 1 fully saturated rings. The summed E-state index contributed by atoms with van der Waals surface area (Å²) in [6.45, 7) is 9.72. The summed E-state index contributed by atoms with van der Waals surface area (Å²) in [7, 11) is 1.63. The van der Waals surface area contributed by atoms with Gasteiger partial charge in [0.1, 0.15) is 24.2 Å². The standard InChI is InChI=1S/C19H32N2O3/c1-18(2)10-14(11-19(3,4)21-18)20-12-15(22)13-24-17-8-6-16(23-5)7-9-17/h6-9,14-15,20-22H,10-13H2,1-5H3/t15-/m0/s1. The molecular formula is C19H32N2O3. The van der Waals surface area contributed by atoms with Gasteiger partial charge in [0.2, 0.25) is 0 Å². The second-order valence-electron chi connectivity index (χ2n) is 8.05. The first-order chi connectivity index (χ1) is 11.2. The molecule has 1 aromatic rings. The van der Waals surface area contributed by atoms with Crippen LogP contribution in [0.15, 0.2) is 24.3 Å². The number of benzene rings is 1. The third kappa shape index (κ3) is 5.96. The van der Waals surface area contributed by atoms with Crippen molar-refractivity contribution in [1.82, 2.24) is 10.6 Å². The van der Waals surface area contributed by atoms with Crippen LogP contribution in [-0.4, -0.2) is 48.6 Å². The van der Waals surface area contributed by atoms with Crippen LogP contribution < -0.4 is 20.1 Å². The molecule has 1 heterocycles. The molecule has 5 heteroatoms. The lowest BCUT2D eigenvalue weighted by molar-refractivity contribution is 0.0901. The van der Waals surface area contributed by atoms with Crippen molar-refractivity contribution in [1.29, 1.82) is 0 Å². The third-order valence-electron chi connectivity index (χ3n) is 4.33. The van der Waals surface area contributed by atoms with Crippen LogP contribution in [0.4, 0.5) is 0 Å². The van der Waals surface area contributed by atoms with E-state index in [1.807, 2.05) is 24.3 Å². The van der Waals surface area contributed by atoms with Crippen molar-refractivity contribution in [2.24, 2.45) is 0 Å². The van der Waals surface area contributed by atoms with E-state index in [4.69, 9.17) is 9.47 Å². The van der Waals surface area contributed by atoms with Crippen molar-refractivity contribution in [3.63, 3.8) is 0 Å². The van der Waals surface area contributed by atoms with Crippen molar-refractivity contribution < 1.29 is 14.6 Å². The molecule has 0 radical (unpaired) electrons. The summed E-state index contributed by atoms with van der Waals surface area (Å²) in [5.41, 5.74) is 0.202. The lowest BCUT2D eigenvalue weighted by Crippen LogP contribution is -2.62. The zero-order chi connectivity index (χ0) is 17.8. The molecule has 0 saturated carbocycles. The van der Waals surface area contributed by atoms with Crippen LogP contribution in [0.25, 0.3) is 0 Å². The van der Waals surface area contributed by atoms with E-state index in [1.54, 1.807) is 7.11 Å². The number of methoxy groups -OCH3 is 1. The summed E-state index contributed by atoms with van der Waals surface area (Å²) in [5, 5.41) is 17.3. The van der Waals surface area contributed by atoms with E-state index in [2.05, 4.69) is 38.3 Å². The van der Waals surface area contributed by atoms with Gasteiger partial charge in [0.25, 0.3) is 0 Å². The van der Waals surface area contributed by atoms with Crippen LogP contribution in [0.5, 0.6) is 11.5 Å². The van der Waals surface area contributed by atoms with Gasteiger partial charge in [0.05, 0.1) is 7.11 Å². The summed E-state index contributed by atoms with van der Waals surface area (Å²) < 4.78 is 10.7. The Morgan fingerprint density at radius 3 is 2.21 bits per heavy atom. The Morgan fingerprint density at radius 1 is 1.12 bits per heavy atom. The highest BCUT2D eigenvalue weighted by atomic mass is 16.5. The summed E-state index contributed by atoms with van der Waals surface area (Å²) in [4.78, 5) is 0. The van der Waals surface area contributed by atoms with Gasteiger partial charge in [-0.2, -0.15) is 0 Å². The number of aliphatic hydroxyl groups excluding tert-OH is 1. The lowest BCUT2D eigenvalue weighted by atomic mass is 9.79. The number of nitrogens with one attached hydrogen (secondary N) is 2. The van der Waals surface area contributed by atoms with Gasteiger partial charge < -0.3 is 25.2 Å². The second kappa shape index (κ2) is 7.72. The fourth-order valence-corrected chi connectivity index (χ4v) is 3.69. The molecule has 1 aliphatic heterocycles. The molecule has 3 N–H and O–H groups in total. The molecular weight excluding hydrogens is 304 g/mol. The first kappa shape index (κ1) is 19.0. The van der Waals surface area contributed by atoms with Gasteiger partial charge in [-0.1, -0.05) is 0 Å². The Hall–Kier alpha value is -1.30. The maximum absolute atomic E-state index is 10.2. The SMILES string of the molecule is COc1ccc(OC[C@@H](O)CNC2CC(C)(C)NC(C)(C)C2)cc1. The molecule has 1 aliphatic rings. The van der Waals surface area contributed by atoms with Gasteiger partial charge in [-0.15, -0.1) is 0 Å². The summed E-state index contributed by atoms with van der Waals surface area (Å²) in [6, 6.07) is 7.78. The molecule has 0 unspecified atom stereocenters. The molecule has 1 saturated heterocycles. The first-order valence-electron chi connectivity index (χ1n) is 8.67. The first-order valence-corrected chi connectivity index (χ1v) is 8.67. The molecule has 0 amide bonds. The third-order valence-corrected chi connectivity index (χ3v) is 4.33. The minimum absolute atomic E-state index is 0.101. The molecule has 5 nitrogen and oxygen atoms in total. The minimum Gasteiger partial charge on any atom is -0.497 e. The van der Waals surface area contributed by atoms with Crippen molar-refractivity contribution >= 4 is 0 Å². The molecule has 2 rings (SSSR count). The van der Waals surface area contributed by atoms with Crippen LogP contribution in [-0.2, 0) is 0 Å². The predicted molar refractivity (Wildman–Crippen MR) is 96.8 cm³/mol. The summed E-state index contributed by atoms with van der Waals surface area (Å²) in [5.74, 6) is 1.53. The molecule has 0 aliphatic carbocycles. The average molecular weight is 336 g/mol. The number of piperidine rings is 1. The van der Waals surface area contributed by atoms with Crippen molar-refractivity contribution in [3.05, 3.63) is 24.3 Å². The van der Waals surface area contributed by atoms with Crippen LogP contribution in [0, 0.1) is 0 Å². The monoisotopic (exact) mass is 336 g/mol. The largest absolute Gasteiger partial charge is 0.497 e. The number of aliphatic hydroxyl groups is 1. The maximum Gasteiger partial charge on any atom is 0.119 e. The maximum atomic E-state index is 10.2.